The lowest BCUT2D eigenvalue weighted by Gasteiger charge is -2.51. The molecule has 0 bridgehead atoms. The van der Waals surface area contributed by atoms with Crippen LogP contribution in [0.5, 0.6) is 0 Å². The quantitative estimate of drug-likeness (QED) is 0.150. The number of guanidine groups is 2. The molecular weight excluding hydrogens is 448 g/mol. The van der Waals surface area contributed by atoms with Gasteiger partial charge >= 0.3 is 12.1 Å². The summed E-state index contributed by atoms with van der Waals surface area (Å²) in [5, 5.41) is 50.8. The zero-order valence-electron chi connectivity index (χ0n) is 18.8. The number of carbonyl (C=O) groups excluding carboxylic acids is 3. The second-order valence-electron chi connectivity index (χ2n) is 9.52. The van der Waals surface area contributed by atoms with E-state index in [1.54, 1.807) is 4.90 Å². The molecule has 5 amide bonds. The van der Waals surface area contributed by atoms with E-state index in [1.807, 2.05) is 0 Å². The third-order valence-electron chi connectivity index (χ3n) is 7.45. The fourth-order valence-corrected chi connectivity index (χ4v) is 5.71. The van der Waals surface area contributed by atoms with Crippen molar-refractivity contribution in [1.29, 1.82) is 10.8 Å². The number of urea groups is 2. The number of aliphatic hydroxyl groups is 2. The molecule has 15 nitrogen and oxygen atoms in total. The van der Waals surface area contributed by atoms with Gasteiger partial charge in [-0.15, -0.1) is 0 Å². The zero-order chi connectivity index (χ0) is 24.4. The Labute approximate surface area is 195 Å². The number of likely N-dealkylation sites (tertiary alicyclic amines) is 1. The predicted molar refractivity (Wildman–Crippen MR) is 117 cm³/mol. The lowest BCUT2D eigenvalue weighted by atomic mass is 9.84. The van der Waals surface area contributed by atoms with Crippen LogP contribution in [-0.4, -0.2) is 129 Å². The van der Waals surface area contributed by atoms with Gasteiger partial charge in [0, 0.05) is 26.7 Å². The molecule has 0 aromatic rings. The second-order valence-corrected chi connectivity index (χ2v) is 9.52. The summed E-state index contributed by atoms with van der Waals surface area (Å²) in [7, 11) is 1.50. The first-order chi connectivity index (χ1) is 16.1. The first kappa shape index (κ1) is 22.5. The fourth-order valence-electron chi connectivity index (χ4n) is 5.71. The summed E-state index contributed by atoms with van der Waals surface area (Å²) in [4.78, 5) is 42.9. The summed E-state index contributed by atoms with van der Waals surface area (Å²) in [6, 6.07) is -3.82. The Hall–Kier alpha value is -3.33. The highest BCUT2D eigenvalue weighted by Crippen LogP contribution is 2.43. The van der Waals surface area contributed by atoms with E-state index in [4.69, 9.17) is 10.8 Å². The SMILES string of the molecule is CN1CC(=O)N(C[C@@H]2NC(=N)N3CC(NC(=O)N4CCCCC4)C(O)(O)[C@@]34NC(=N)N[C@@H]24)C1=O. The van der Waals surface area contributed by atoms with E-state index >= 15 is 0 Å². The highest BCUT2D eigenvalue weighted by molar-refractivity contribution is 6.02. The van der Waals surface area contributed by atoms with E-state index in [-0.39, 0.29) is 31.6 Å². The normalized spacial score (nSPS) is 34.5. The van der Waals surface area contributed by atoms with Gasteiger partial charge in [0.1, 0.15) is 12.6 Å². The third kappa shape index (κ3) is 3.06. The molecular formula is C19H30N10O5. The maximum atomic E-state index is 12.8. The lowest BCUT2D eigenvalue weighted by Crippen LogP contribution is -2.81. The number of nitrogens with one attached hydrogen (secondary N) is 6. The van der Waals surface area contributed by atoms with Gasteiger partial charge in [-0.2, -0.15) is 0 Å². The van der Waals surface area contributed by atoms with Crippen LogP contribution in [-0.2, 0) is 4.79 Å². The summed E-state index contributed by atoms with van der Waals surface area (Å²) in [5.74, 6) is -3.39. The van der Waals surface area contributed by atoms with Gasteiger partial charge in [0.15, 0.2) is 17.6 Å². The lowest BCUT2D eigenvalue weighted by molar-refractivity contribution is -0.232. The Morgan fingerprint density at radius 3 is 2.53 bits per heavy atom. The van der Waals surface area contributed by atoms with Crippen LogP contribution < -0.4 is 21.3 Å². The molecule has 0 aromatic heterocycles. The molecule has 5 fully saturated rings. The van der Waals surface area contributed by atoms with Crippen LogP contribution in [0.3, 0.4) is 0 Å². The van der Waals surface area contributed by atoms with Crippen molar-refractivity contribution in [2.75, 3.05) is 39.8 Å². The van der Waals surface area contributed by atoms with E-state index in [0.29, 0.717) is 13.1 Å². The fraction of sp³-hybridized carbons (Fsp3) is 0.737. The second kappa shape index (κ2) is 7.59. The Bertz CT molecular complexity index is 952. The van der Waals surface area contributed by atoms with Gasteiger partial charge in [0.2, 0.25) is 11.7 Å². The standard InChI is InChI=1S/C19H30N10O5/c1-26-9-12(30)28(17(26)32)7-10-13-18(25-14(20)24-13)19(33,34)11(8-29(18)15(21)22-10)23-16(31)27-5-3-2-4-6-27/h10-11,13,33-34H,2-9H2,1H3,(H2,21,22)(H,23,31)(H3,20,24,25)/t10-,11?,13-,18-/m0/s1. The van der Waals surface area contributed by atoms with Crippen molar-refractivity contribution in [2.24, 2.45) is 0 Å². The van der Waals surface area contributed by atoms with Crippen LogP contribution >= 0.6 is 0 Å². The first-order valence-electron chi connectivity index (χ1n) is 11.4. The summed E-state index contributed by atoms with van der Waals surface area (Å²) < 4.78 is 0. The molecule has 0 saturated carbocycles. The van der Waals surface area contributed by atoms with Crippen LogP contribution in [0.15, 0.2) is 0 Å². The minimum atomic E-state index is -2.60. The molecule has 1 unspecified atom stereocenters. The average molecular weight is 479 g/mol. The summed E-state index contributed by atoms with van der Waals surface area (Å²) in [6.07, 6.45) is 2.79. The van der Waals surface area contributed by atoms with Crippen LogP contribution in [0.1, 0.15) is 19.3 Å². The van der Waals surface area contributed by atoms with Gasteiger partial charge in [-0.25, -0.2) is 9.59 Å². The van der Waals surface area contributed by atoms with E-state index in [1.165, 1.54) is 16.8 Å². The van der Waals surface area contributed by atoms with Crippen molar-refractivity contribution in [3.63, 3.8) is 0 Å². The molecule has 5 saturated heterocycles. The number of piperidine rings is 1. The van der Waals surface area contributed by atoms with E-state index < -0.39 is 47.5 Å². The van der Waals surface area contributed by atoms with Crippen molar-refractivity contribution in [1.82, 2.24) is 40.9 Å². The highest BCUT2D eigenvalue weighted by Gasteiger charge is 2.74. The van der Waals surface area contributed by atoms with Gasteiger partial charge in [0.25, 0.3) is 0 Å². The number of likely N-dealkylation sites (N-methyl/N-ethyl adjacent to an activating group) is 1. The van der Waals surface area contributed by atoms with Crippen molar-refractivity contribution in [3.8, 4) is 0 Å². The molecule has 186 valence electrons. The Balaban J connectivity index is 1.42. The molecule has 4 atom stereocenters. The molecule has 15 heteroatoms. The molecule has 5 heterocycles. The van der Waals surface area contributed by atoms with Crippen LogP contribution in [0, 0.1) is 10.8 Å². The number of rotatable bonds is 3. The van der Waals surface area contributed by atoms with Crippen molar-refractivity contribution < 1.29 is 24.6 Å². The Morgan fingerprint density at radius 1 is 1.18 bits per heavy atom. The predicted octanol–water partition coefficient (Wildman–Crippen LogP) is -3.46. The Kier molecular flexibility index (Phi) is 5.02. The molecule has 5 aliphatic rings. The number of hydrogen-bond donors (Lipinski definition) is 8. The van der Waals surface area contributed by atoms with Crippen LogP contribution in [0.25, 0.3) is 0 Å². The van der Waals surface area contributed by atoms with Crippen molar-refractivity contribution in [3.05, 3.63) is 0 Å². The molecule has 0 aliphatic carbocycles. The molecule has 5 rings (SSSR count). The number of imide groups is 1. The molecule has 8 N–H and O–H groups in total. The van der Waals surface area contributed by atoms with E-state index in [9.17, 15) is 24.6 Å². The smallest absolute Gasteiger partial charge is 0.327 e. The van der Waals surface area contributed by atoms with Crippen molar-refractivity contribution >= 4 is 29.9 Å². The average Bonchev–Trinajstić information content (AvgIpc) is 3.35. The van der Waals surface area contributed by atoms with Gasteiger partial charge in [-0.3, -0.25) is 20.5 Å². The van der Waals surface area contributed by atoms with Crippen molar-refractivity contribution in [2.45, 2.75) is 48.8 Å². The molecule has 34 heavy (non-hydrogen) atoms. The largest absolute Gasteiger partial charge is 0.361 e. The van der Waals surface area contributed by atoms with Crippen LogP contribution in [0.4, 0.5) is 9.59 Å². The summed E-state index contributed by atoms with van der Waals surface area (Å²) in [5.41, 5.74) is -1.78. The topological polar surface area (TPSA) is 200 Å². The van der Waals surface area contributed by atoms with Gasteiger partial charge in [-0.05, 0) is 19.3 Å². The zero-order valence-corrected chi connectivity index (χ0v) is 18.8. The number of amides is 5. The number of carbonyl (C=O) groups is 3. The summed E-state index contributed by atoms with van der Waals surface area (Å²) in [6.45, 7) is 0.842. The maximum absolute atomic E-state index is 12.8. The summed E-state index contributed by atoms with van der Waals surface area (Å²) >= 11 is 0. The molecule has 0 radical (unpaired) electrons. The van der Waals surface area contributed by atoms with Gasteiger partial charge in [-0.1, -0.05) is 0 Å². The molecule has 1 spiro atoms. The monoisotopic (exact) mass is 478 g/mol. The van der Waals surface area contributed by atoms with Crippen LogP contribution in [0.2, 0.25) is 0 Å². The Morgan fingerprint density at radius 2 is 1.88 bits per heavy atom. The van der Waals surface area contributed by atoms with E-state index in [0.717, 1.165) is 24.2 Å². The number of hydrogen-bond acceptors (Lipinski definition) is 7. The van der Waals surface area contributed by atoms with Gasteiger partial charge in [0.05, 0.1) is 18.6 Å². The molecule has 0 aromatic carbocycles. The minimum absolute atomic E-state index is 0.0685. The highest BCUT2D eigenvalue weighted by atomic mass is 16.5. The van der Waals surface area contributed by atoms with Gasteiger partial charge < -0.3 is 46.2 Å². The minimum Gasteiger partial charge on any atom is -0.361 e. The van der Waals surface area contributed by atoms with E-state index in [2.05, 4.69) is 21.3 Å². The third-order valence-corrected chi connectivity index (χ3v) is 7.45. The first-order valence-corrected chi connectivity index (χ1v) is 11.4. The maximum Gasteiger partial charge on any atom is 0.327 e. The number of nitrogens with zero attached hydrogens (tertiary/aromatic N) is 4. The molecule has 5 aliphatic heterocycles.